The van der Waals surface area contributed by atoms with E-state index in [0.29, 0.717) is 25.9 Å². The third-order valence-corrected chi connectivity index (χ3v) is 5.58. The minimum atomic E-state index is -0.209. The van der Waals surface area contributed by atoms with Crippen LogP contribution in [0, 0.1) is 0 Å². The fourth-order valence-corrected chi connectivity index (χ4v) is 4.12. The van der Waals surface area contributed by atoms with Gasteiger partial charge in [0.15, 0.2) is 0 Å². The van der Waals surface area contributed by atoms with Crippen molar-refractivity contribution in [3.05, 3.63) is 11.1 Å². The Labute approximate surface area is 145 Å². The Hall–Kier alpha value is -1.58. The van der Waals surface area contributed by atoms with Crippen LogP contribution in [-0.4, -0.2) is 76.6 Å². The van der Waals surface area contributed by atoms with Crippen molar-refractivity contribution in [3.8, 4) is 0 Å². The fraction of sp³-hybridized carbons (Fsp3) is 0.733. The molecule has 1 amide bonds. The van der Waals surface area contributed by atoms with E-state index in [4.69, 9.17) is 4.74 Å². The molecule has 3 heterocycles. The fourth-order valence-electron chi connectivity index (χ4n) is 3.67. The first-order valence-corrected chi connectivity index (χ1v) is 9.00. The van der Waals surface area contributed by atoms with Gasteiger partial charge in [-0.3, -0.25) is 19.4 Å². The van der Waals surface area contributed by atoms with E-state index in [0.717, 1.165) is 18.7 Å². The zero-order valence-corrected chi connectivity index (χ0v) is 14.8. The highest BCUT2D eigenvalue weighted by molar-refractivity contribution is 7.03. The number of rotatable bonds is 5. The van der Waals surface area contributed by atoms with Crippen molar-refractivity contribution in [2.45, 2.75) is 43.9 Å². The van der Waals surface area contributed by atoms with E-state index in [2.05, 4.69) is 24.7 Å². The lowest BCUT2D eigenvalue weighted by atomic mass is 10.0. The Morgan fingerprint density at radius 3 is 3.08 bits per heavy atom. The first-order valence-electron chi connectivity index (χ1n) is 8.16. The molecule has 24 heavy (non-hydrogen) atoms. The average Bonchev–Trinajstić information content (AvgIpc) is 3.21. The van der Waals surface area contributed by atoms with Crippen molar-refractivity contribution >= 4 is 23.4 Å². The van der Waals surface area contributed by atoms with E-state index < -0.39 is 0 Å². The molecule has 8 nitrogen and oxygen atoms in total. The van der Waals surface area contributed by atoms with Gasteiger partial charge in [0, 0.05) is 43.5 Å². The molecule has 3 rings (SSSR count). The van der Waals surface area contributed by atoms with Gasteiger partial charge in [0.05, 0.1) is 12.8 Å². The molecule has 0 spiro atoms. The Bertz CT molecular complexity index is 582. The number of ether oxygens (including phenoxy) is 1. The Kier molecular flexibility index (Phi) is 5.42. The number of aromatic nitrogens is 2. The maximum atomic E-state index is 12.6. The molecule has 1 aromatic rings. The van der Waals surface area contributed by atoms with Gasteiger partial charge in [-0.2, -0.15) is 0 Å². The van der Waals surface area contributed by atoms with Crippen LogP contribution in [0.5, 0.6) is 0 Å². The summed E-state index contributed by atoms with van der Waals surface area (Å²) < 4.78 is 8.62. The van der Waals surface area contributed by atoms with E-state index >= 15 is 0 Å². The molecule has 0 unspecified atom stereocenters. The van der Waals surface area contributed by atoms with Crippen LogP contribution in [0.15, 0.2) is 5.38 Å². The number of esters is 1. The molecule has 132 valence electrons. The van der Waals surface area contributed by atoms with Crippen LogP contribution < -0.4 is 5.32 Å². The number of amides is 1. The average molecular weight is 353 g/mol. The highest BCUT2D eigenvalue weighted by atomic mass is 32.1. The van der Waals surface area contributed by atoms with Gasteiger partial charge in [-0.25, -0.2) is 0 Å². The second kappa shape index (κ2) is 7.54. The topological polar surface area (TPSA) is 87.7 Å². The summed E-state index contributed by atoms with van der Waals surface area (Å²) in [7, 11) is 3.45. The summed E-state index contributed by atoms with van der Waals surface area (Å²) >= 11 is 1.33. The van der Waals surface area contributed by atoms with Crippen molar-refractivity contribution in [1.29, 1.82) is 0 Å². The monoisotopic (exact) mass is 353 g/mol. The normalized spacial score (nSPS) is 28.2. The summed E-state index contributed by atoms with van der Waals surface area (Å²) in [6.45, 7) is 2.06. The second-order valence-electron chi connectivity index (χ2n) is 6.35. The summed E-state index contributed by atoms with van der Waals surface area (Å²) in [6.07, 6.45) is 1.98. The number of likely N-dealkylation sites (N-methyl/N-ethyl adjacent to an activating group) is 1. The van der Waals surface area contributed by atoms with Crippen molar-refractivity contribution in [3.63, 3.8) is 0 Å². The largest absolute Gasteiger partial charge is 0.469 e. The quantitative estimate of drug-likeness (QED) is 0.738. The predicted octanol–water partition coefficient (Wildman–Crippen LogP) is -0.136. The van der Waals surface area contributed by atoms with Gasteiger partial charge < -0.3 is 10.1 Å². The molecule has 1 aromatic heterocycles. The molecule has 0 saturated carbocycles. The third kappa shape index (κ3) is 3.57. The highest BCUT2D eigenvalue weighted by Gasteiger charge is 2.45. The third-order valence-electron chi connectivity index (χ3n) is 5.03. The van der Waals surface area contributed by atoms with Crippen LogP contribution in [0.4, 0.5) is 0 Å². The maximum absolute atomic E-state index is 12.6. The Balaban J connectivity index is 1.68. The number of nitrogens with one attached hydrogen (secondary N) is 1. The van der Waals surface area contributed by atoms with E-state index in [1.165, 1.54) is 18.6 Å². The van der Waals surface area contributed by atoms with Gasteiger partial charge in [-0.1, -0.05) is 4.49 Å². The molecule has 0 aromatic carbocycles. The summed E-state index contributed by atoms with van der Waals surface area (Å²) in [5.41, 5.74) is 0.905. The molecule has 2 aliphatic rings. The molecule has 0 bridgehead atoms. The van der Waals surface area contributed by atoms with Gasteiger partial charge in [0.25, 0.3) is 0 Å². The summed E-state index contributed by atoms with van der Waals surface area (Å²) in [6, 6.07) is 0.116. The summed E-state index contributed by atoms with van der Waals surface area (Å²) in [4.78, 5) is 28.5. The molecule has 3 atom stereocenters. The maximum Gasteiger partial charge on any atom is 0.305 e. The van der Waals surface area contributed by atoms with Crippen LogP contribution in [0.3, 0.4) is 0 Å². The van der Waals surface area contributed by atoms with Crippen molar-refractivity contribution in [2.75, 3.05) is 27.2 Å². The number of carbonyl (C=O) groups is 2. The second-order valence-corrected chi connectivity index (χ2v) is 6.96. The van der Waals surface area contributed by atoms with Gasteiger partial charge in [-0.15, -0.1) is 5.10 Å². The van der Waals surface area contributed by atoms with Gasteiger partial charge in [0.1, 0.15) is 6.04 Å². The zero-order chi connectivity index (χ0) is 17.1. The summed E-state index contributed by atoms with van der Waals surface area (Å²) in [5, 5.41) is 9.05. The molecule has 2 aliphatic heterocycles. The molecular formula is C15H23N5O3S. The van der Waals surface area contributed by atoms with E-state index in [1.807, 2.05) is 12.4 Å². The molecule has 2 saturated heterocycles. The lowest BCUT2D eigenvalue weighted by molar-refractivity contribution is -0.141. The van der Waals surface area contributed by atoms with E-state index in [1.54, 1.807) is 0 Å². The lowest BCUT2D eigenvalue weighted by Gasteiger charge is -2.32. The van der Waals surface area contributed by atoms with Crippen molar-refractivity contribution in [2.24, 2.45) is 0 Å². The van der Waals surface area contributed by atoms with Crippen LogP contribution in [0.2, 0.25) is 0 Å². The zero-order valence-electron chi connectivity index (χ0n) is 14.0. The number of hydrogen-bond acceptors (Lipinski definition) is 8. The molecule has 9 heteroatoms. The SMILES string of the molecule is COC(=O)CC[C@H]1CNC(=O)[C@@H]2[C@@H](CCN2Cc2csnn2)N1C. The number of likely N-dealkylation sites (tertiary alicyclic amines) is 1. The number of fused-ring (bicyclic) bond motifs is 1. The number of methoxy groups -OCH3 is 1. The molecule has 0 radical (unpaired) electrons. The Morgan fingerprint density at radius 2 is 2.38 bits per heavy atom. The lowest BCUT2D eigenvalue weighted by Crippen LogP contribution is -2.49. The number of hydrogen-bond donors (Lipinski definition) is 1. The highest BCUT2D eigenvalue weighted by Crippen LogP contribution is 2.28. The van der Waals surface area contributed by atoms with Gasteiger partial charge in [-0.05, 0) is 31.4 Å². The number of carbonyl (C=O) groups excluding carboxylic acids is 2. The van der Waals surface area contributed by atoms with Crippen LogP contribution >= 0.6 is 11.5 Å². The van der Waals surface area contributed by atoms with Gasteiger partial charge in [0.2, 0.25) is 5.91 Å². The van der Waals surface area contributed by atoms with Crippen molar-refractivity contribution < 1.29 is 14.3 Å². The minimum Gasteiger partial charge on any atom is -0.469 e. The molecule has 0 aliphatic carbocycles. The van der Waals surface area contributed by atoms with Crippen molar-refractivity contribution in [1.82, 2.24) is 24.7 Å². The van der Waals surface area contributed by atoms with E-state index in [9.17, 15) is 9.59 Å². The van der Waals surface area contributed by atoms with E-state index in [-0.39, 0.29) is 30.0 Å². The molecular weight excluding hydrogens is 330 g/mol. The summed E-state index contributed by atoms with van der Waals surface area (Å²) in [5.74, 6) is -0.146. The number of nitrogens with zero attached hydrogens (tertiary/aromatic N) is 4. The predicted molar refractivity (Wildman–Crippen MR) is 88.3 cm³/mol. The molecule has 1 N–H and O–H groups in total. The first kappa shape index (κ1) is 17.2. The van der Waals surface area contributed by atoms with Crippen LogP contribution in [0.25, 0.3) is 0 Å². The first-order chi connectivity index (χ1) is 11.6. The smallest absolute Gasteiger partial charge is 0.305 e. The van der Waals surface area contributed by atoms with Gasteiger partial charge >= 0.3 is 5.97 Å². The molecule has 2 fully saturated rings. The van der Waals surface area contributed by atoms with Crippen LogP contribution in [0.1, 0.15) is 25.0 Å². The minimum absolute atomic E-state index is 0.0631. The standard InChI is InChI=1S/C15H23N5O3S/c1-19-11(3-4-13(21)23-2)7-16-15(22)14-12(19)5-6-20(14)8-10-9-24-18-17-10/h9,11-12,14H,3-8H2,1-2H3,(H,16,22)/t11-,12+,14-/m0/s1. The van der Waals surface area contributed by atoms with Crippen LogP contribution in [-0.2, 0) is 20.9 Å². The Morgan fingerprint density at radius 1 is 1.54 bits per heavy atom.